The van der Waals surface area contributed by atoms with Crippen molar-refractivity contribution < 1.29 is 9.18 Å². The van der Waals surface area contributed by atoms with E-state index in [4.69, 9.17) is 0 Å². The van der Waals surface area contributed by atoms with E-state index in [1.807, 2.05) is 42.5 Å². The molecule has 25 heavy (non-hydrogen) atoms. The largest absolute Gasteiger partial charge is 0.351 e. The van der Waals surface area contributed by atoms with Gasteiger partial charge in [0.25, 0.3) is 0 Å². The Morgan fingerprint density at radius 2 is 1.72 bits per heavy atom. The van der Waals surface area contributed by atoms with E-state index in [9.17, 15) is 9.18 Å². The average molecular weight is 334 g/mol. The Labute approximate surface area is 146 Å². The van der Waals surface area contributed by atoms with Crippen LogP contribution in [0, 0.1) is 5.82 Å². The molecule has 0 fully saturated rings. The van der Waals surface area contributed by atoms with Gasteiger partial charge in [0, 0.05) is 18.9 Å². The van der Waals surface area contributed by atoms with Crippen LogP contribution in [0.4, 0.5) is 4.39 Å². The lowest BCUT2D eigenvalue weighted by Crippen LogP contribution is -2.30. The van der Waals surface area contributed by atoms with Crippen molar-refractivity contribution in [3.05, 3.63) is 102 Å². The lowest BCUT2D eigenvalue weighted by molar-refractivity contribution is -0.122. The Kier molecular flexibility index (Phi) is 5.52. The van der Waals surface area contributed by atoms with Crippen molar-refractivity contribution in [2.75, 3.05) is 0 Å². The lowest BCUT2D eigenvalue weighted by atomic mass is 9.91. The molecular weight excluding hydrogens is 315 g/mol. The summed E-state index contributed by atoms with van der Waals surface area (Å²) in [6.07, 6.45) is 4.08. The van der Waals surface area contributed by atoms with Crippen LogP contribution in [0.2, 0.25) is 0 Å². The Bertz CT molecular complexity index is 804. The molecule has 1 atom stereocenters. The number of pyridine rings is 1. The molecule has 0 bridgehead atoms. The van der Waals surface area contributed by atoms with E-state index in [2.05, 4.69) is 10.3 Å². The Balaban J connectivity index is 1.74. The van der Waals surface area contributed by atoms with Gasteiger partial charge in [-0.3, -0.25) is 9.78 Å². The summed E-state index contributed by atoms with van der Waals surface area (Å²) in [5.74, 6) is -0.640. The normalized spacial score (nSPS) is 11.7. The number of hydrogen-bond acceptors (Lipinski definition) is 2. The van der Waals surface area contributed by atoms with Gasteiger partial charge in [-0.2, -0.15) is 0 Å². The molecule has 2 aromatic carbocycles. The number of nitrogens with zero attached hydrogens (tertiary/aromatic N) is 1. The SMILES string of the molecule is O=C(NCc1ccc(F)cc1)C(Cc1cccnc1)c1ccccc1. The van der Waals surface area contributed by atoms with Crippen LogP contribution in [0.1, 0.15) is 22.6 Å². The van der Waals surface area contributed by atoms with Gasteiger partial charge >= 0.3 is 0 Å². The molecular formula is C21H19FN2O. The molecule has 0 saturated heterocycles. The quantitative estimate of drug-likeness (QED) is 0.744. The van der Waals surface area contributed by atoms with Gasteiger partial charge in [-0.25, -0.2) is 4.39 Å². The molecule has 1 aromatic heterocycles. The van der Waals surface area contributed by atoms with Crippen molar-refractivity contribution in [3.8, 4) is 0 Å². The van der Waals surface area contributed by atoms with Gasteiger partial charge in [-0.1, -0.05) is 48.5 Å². The summed E-state index contributed by atoms with van der Waals surface area (Å²) in [6.45, 7) is 0.371. The highest BCUT2D eigenvalue weighted by atomic mass is 19.1. The molecule has 0 aliphatic carbocycles. The van der Waals surface area contributed by atoms with Crippen molar-refractivity contribution in [1.82, 2.24) is 10.3 Å². The molecule has 1 amide bonds. The number of aromatic nitrogens is 1. The van der Waals surface area contributed by atoms with Crippen LogP contribution >= 0.6 is 0 Å². The van der Waals surface area contributed by atoms with Gasteiger partial charge in [0.2, 0.25) is 5.91 Å². The number of carbonyl (C=O) groups excluding carboxylic acids is 1. The maximum absolute atomic E-state index is 13.0. The van der Waals surface area contributed by atoms with Crippen LogP contribution < -0.4 is 5.32 Å². The molecule has 0 spiro atoms. The van der Waals surface area contributed by atoms with E-state index in [1.54, 1.807) is 24.5 Å². The molecule has 0 aliphatic heterocycles. The van der Waals surface area contributed by atoms with Gasteiger partial charge in [0.15, 0.2) is 0 Å². The topological polar surface area (TPSA) is 42.0 Å². The zero-order valence-electron chi connectivity index (χ0n) is 13.7. The van der Waals surface area contributed by atoms with Crippen molar-refractivity contribution in [2.24, 2.45) is 0 Å². The van der Waals surface area contributed by atoms with E-state index >= 15 is 0 Å². The van der Waals surface area contributed by atoms with E-state index in [0.29, 0.717) is 13.0 Å². The smallest absolute Gasteiger partial charge is 0.228 e. The van der Waals surface area contributed by atoms with Gasteiger partial charge in [-0.15, -0.1) is 0 Å². The first kappa shape index (κ1) is 16.8. The predicted octanol–water partition coefficient (Wildman–Crippen LogP) is 3.86. The van der Waals surface area contributed by atoms with Crippen LogP contribution in [0.5, 0.6) is 0 Å². The van der Waals surface area contributed by atoms with Crippen LogP contribution in [0.3, 0.4) is 0 Å². The van der Waals surface area contributed by atoms with Crippen molar-refractivity contribution in [2.45, 2.75) is 18.9 Å². The van der Waals surface area contributed by atoms with Crippen molar-refractivity contribution in [1.29, 1.82) is 0 Å². The molecule has 1 unspecified atom stereocenters. The van der Waals surface area contributed by atoms with Gasteiger partial charge in [0.1, 0.15) is 5.82 Å². The Morgan fingerprint density at radius 1 is 0.960 bits per heavy atom. The minimum absolute atomic E-state index is 0.0561. The second-order valence-corrected chi connectivity index (χ2v) is 5.87. The Morgan fingerprint density at radius 3 is 2.40 bits per heavy atom. The first-order valence-corrected chi connectivity index (χ1v) is 8.18. The fourth-order valence-corrected chi connectivity index (χ4v) is 2.72. The molecule has 0 aliphatic rings. The standard InChI is InChI=1S/C21H19FN2O/c22-19-10-8-16(9-11-19)15-24-21(25)20(18-6-2-1-3-7-18)13-17-5-4-12-23-14-17/h1-12,14,20H,13,15H2,(H,24,25). The number of benzene rings is 2. The molecule has 3 nitrogen and oxygen atoms in total. The maximum Gasteiger partial charge on any atom is 0.228 e. The van der Waals surface area contributed by atoms with Gasteiger partial charge < -0.3 is 5.32 Å². The minimum Gasteiger partial charge on any atom is -0.351 e. The molecule has 126 valence electrons. The molecule has 1 heterocycles. The zero-order valence-corrected chi connectivity index (χ0v) is 13.7. The fraction of sp³-hybridized carbons (Fsp3) is 0.143. The van der Waals surface area contributed by atoms with Gasteiger partial charge in [0.05, 0.1) is 5.92 Å². The van der Waals surface area contributed by atoms with E-state index < -0.39 is 0 Å². The number of halogens is 1. The second-order valence-electron chi connectivity index (χ2n) is 5.87. The van der Waals surface area contributed by atoms with Gasteiger partial charge in [-0.05, 0) is 41.3 Å². The van der Waals surface area contributed by atoms with Crippen LogP contribution in [0.25, 0.3) is 0 Å². The highest BCUT2D eigenvalue weighted by Crippen LogP contribution is 2.21. The maximum atomic E-state index is 13.0. The zero-order chi connectivity index (χ0) is 17.5. The summed E-state index contributed by atoms with van der Waals surface area (Å²) < 4.78 is 13.0. The number of rotatable bonds is 6. The van der Waals surface area contributed by atoms with Crippen LogP contribution in [-0.4, -0.2) is 10.9 Å². The molecule has 0 saturated carbocycles. The third kappa shape index (κ3) is 4.73. The number of nitrogens with one attached hydrogen (secondary N) is 1. The highest BCUT2D eigenvalue weighted by molar-refractivity contribution is 5.84. The van der Waals surface area contributed by atoms with Crippen LogP contribution in [0.15, 0.2) is 79.1 Å². The Hall–Kier alpha value is -3.01. The average Bonchev–Trinajstić information content (AvgIpc) is 2.67. The molecule has 3 rings (SSSR count). The number of carbonyl (C=O) groups is 1. The monoisotopic (exact) mass is 334 g/mol. The summed E-state index contributed by atoms with van der Waals surface area (Å²) >= 11 is 0. The second kappa shape index (κ2) is 8.20. The predicted molar refractivity (Wildman–Crippen MR) is 95.4 cm³/mol. The van der Waals surface area contributed by atoms with Crippen molar-refractivity contribution in [3.63, 3.8) is 0 Å². The molecule has 1 N–H and O–H groups in total. The summed E-state index contributed by atoms with van der Waals surface area (Å²) in [6, 6.07) is 19.7. The van der Waals surface area contributed by atoms with Crippen molar-refractivity contribution >= 4 is 5.91 Å². The van der Waals surface area contributed by atoms with E-state index in [1.165, 1.54) is 12.1 Å². The minimum atomic E-state index is -0.300. The summed E-state index contributed by atoms with van der Waals surface area (Å²) in [5.41, 5.74) is 2.83. The van der Waals surface area contributed by atoms with E-state index in [-0.39, 0.29) is 17.6 Å². The third-order valence-corrected chi connectivity index (χ3v) is 4.06. The number of amides is 1. The summed E-state index contributed by atoms with van der Waals surface area (Å²) in [5, 5.41) is 2.96. The summed E-state index contributed by atoms with van der Waals surface area (Å²) in [4.78, 5) is 16.9. The summed E-state index contributed by atoms with van der Waals surface area (Å²) in [7, 11) is 0. The highest BCUT2D eigenvalue weighted by Gasteiger charge is 2.20. The molecule has 0 radical (unpaired) electrons. The fourth-order valence-electron chi connectivity index (χ4n) is 2.72. The molecule has 3 aromatic rings. The van der Waals surface area contributed by atoms with E-state index in [0.717, 1.165) is 16.7 Å². The third-order valence-electron chi connectivity index (χ3n) is 4.06. The first-order chi connectivity index (χ1) is 12.2. The molecule has 4 heteroatoms. The lowest BCUT2D eigenvalue weighted by Gasteiger charge is -2.17. The number of hydrogen-bond donors (Lipinski definition) is 1. The first-order valence-electron chi connectivity index (χ1n) is 8.18. The van der Waals surface area contributed by atoms with Crippen LogP contribution in [-0.2, 0) is 17.8 Å².